The summed E-state index contributed by atoms with van der Waals surface area (Å²) >= 11 is 1.58. The van der Waals surface area contributed by atoms with Crippen molar-refractivity contribution in [1.82, 2.24) is 14.2 Å². The number of likely N-dealkylation sites (tertiary alicyclic amines) is 1. The Hall–Kier alpha value is -0.990. The first-order valence-corrected chi connectivity index (χ1v) is 9.99. The smallest absolute Gasteiger partial charge is 0.223 e. The molecule has 6 nitrogen and oxygen atoms in total. The van der Waals surface area contributed by atoms with Gasteiger partial charge in [0.05, 0.1) is 23.0 Å². The molecule has 2 aliphatic heterocycles. The number of hydrogen-bond donors (Lipinski definition) is 0. The van der Waals surface area contributed by atoms with Gasteiger partial charge < -0.3 is 4.90 Å². The molecule has 0 saturated carbocycles. The molecule has 0 bridgehead atoms. The number of aromatic nitrogens is 1. The van der Waals surface area contributed by atoms with Crippen molar-refractivity contribution in [3.05, 3.63) is 16.1 Å². The summed E-state index contributed by atoms with van der Waals surface area (Å²) in [5.41, 5.74) is 0.716. The lowest BCUT2D eigenvalue weighted by atomic mass is 9.86. The van der Waals surface area contributed by atoms with Crippen molar-refractivity contribution in [2.24, 2.45) is 5.41 Å². The Morgan fingerprint density at radius 3 is 2.82 bits per heavy atom. The van der Waals surface area contributed by atoms with Crippen LogP contribution in [0.3, 0.4) is 0 Å². The van der Waals surface area contributed by atoms with Crippen LogP contribution in [0.5, 0.6) is 0 Å². The monoisotopic (exact) mass is 343 g/mol. The van der Waals surface area contributed by atoms with Gasteiger partial charge >= 0.3 is 0 Å². The molecule has 0 radical (unpaired) electrons. The largest absolute Gasteiger partial charge is 0.336 e. The van der Waals surface area contributed by atoms with Crippen LogP contribution < -0.4 is 0 Å². The van der Waals surface area contributed by atoms with E-state index in [0.29, 0.717) is 32.6 Å². The zero-order valence-corrected chi connectivity index (χ0v) is 14.5. The number of amides is 1. The summed E-state index contributed by atoms with van der Waals surface area (Å²) in [7, 11) is -3.16. The molecule has 2 saturated heterocycles. The molecule has 0 N–H and O–H groups in total. The van der Waals surface area contributed by atoms with Gasteiger partial charge in [-0.3, -0.25) is 4.79 Å². The van der Waals surface area contributed by atoms with Crippen LogP contribution in [0.2, 0.25) is 0 Å². The number of hydrogen-bond acceptors (Lipinski definition) is 5. The maximum absolute atomic E-state index is 12.3. The molecule has 3 heterocycles. The van der Waals surface area contributed by atoms with Crippen LogP contribution in [0.1, 0.15) is 30.5 Å². The zero-order chi connectivity index (χ0) is 16.0. The van der Waals surface area contributed by atoms with Gasteiger partial charge in [0.2, 0.25) is 15.9 Å². The van der Waals surface area contributed by atoms with E-state index >= 15 is 0 Å². The third-order valence-electron chi connectivity index (χ3n) is 4.59. The van der Waals surface area contributed by atoms with Crippen LogP contribution >= 0.6 is 11.3 Å². The fourth-order valence-electron chi connectivity index (χ4n) is 3.39. The summed E-state index contributed by atoms with van der Waals surface area (Å²) in [5.74, 6) is 0.236. The number of sulfonamides is 1. The van der Waals surface area contributed by atoms with Gasteiger partial charge in [0.1, 0.15) is 0 Å². The Labute approximate surface area is 135 Å². The molecule has 0 aromatic carbocycles. The third kappa shape index (κ3) is 2.91. The number of rotatable bonds is 4. The number of carbonyl (C=O) groups excluding carboxylic acids is 1. The lowest BCUT2D eigenvalue weighted by Gasteiger charge is -2.23. The van der Waals surface area contributed by atoms with E-state index in [9.17, 15) is 13.2 Å². The van der Waals surface area contributed by atoms with E-state index in [1.54, 1.807) is 22.6 Å². The second-order valence-corrected chi connectivity index (χ2v) is 9.59. The van der Waals surface area contributed by atoms with Crippen LogP contribution in [0.25, 0.3) is 0 Å². The first-order valence-electron chi connectivity index (χ1n) is 7.50. The fourth-order valence-corrected chi connectivity index (χ4v) is 5.20. The highest BCUT2D eigenvalue weighted by Crippen LogP contribution is 2.41. The molecule has 0 aliphatic carbocycles. The number of nitrogens with zero attached hydrogens (tertiary/aromatic N) is 3. The van der Waals surface area contributed by atoms with Crippen molar-refractivity contribution in [3.8, 4) is 0 Å². The van der Waals surface area contributed by atoms with Crippen LogP contribution in [-0.4, -0.2) is 53.9 Å². The van der Waals surface area contributed by atoms with Crippen molar-refractivity contribution in [2.45, 2.75) is 33.2 Å². The van der Waals surface area contributed by atoms with Gasteiger partial charge in [-0.2, -0.15) is 0 Å². The number of carbonyl (C=O) groups is 1. The Bertz CT molecular complexity index is 685. The standard InChI is InChI=1S/C14H21N3O3S2/c1-3-22(19,20)17-5-4-14(10-17)6-13(18)16(9-14)7-12-8-21-11(2)15-12/h8H,3-7,9-10H2,1-2H3/t14-/m0/s1. The van der Waals surface area contributed by atoms with Gasteiger partial charge in [-0.1, -0.05) is 0 Å². The zero-order valence-electron chi connectivity index (χ0n) is 12.9. The molecule has 1 atom stereocenters. The lowest BCUT2D eigenvalue weighted by molar-refractivity contribution is -0.128. The van der Waals surface area contributed by atoms with Gasteiger partial charge in [-0.15, -0.1) is 11.3 Å². The summed E-state index contributed by atoms with van der Waals surface area (Å²) in [6.45, 7) is 5.79. The summed E-state index contributed by atoms with van der Waals surface area (Å²) in [4.78, 5) is 18.5. The van der Waals surface area contributed by atoms with Crippen molar-refractivity contribution < 1.29 is 13.2 Å². The highest BCUT2D eigenvalue weighted by atomic mass is 32.2. The van der Waals surface area contributed by atoms with E-state index < -0.39 is 10.0 Å². The summed E-state index contributed by atoms with van der Waals surface area (Å²) in [6, 6.07) is 0. The number of thiazole rings is 1. The predicted molar refractivity (Wildman–Crippen MR) is 85.0 cm³/mol. The van der Waals surface area contributed by atoms with Crippen LogP contribution in [0, 0.1) is 12.3 Å². The molecule has 1 aromatic heterocycles. The van der Waals surface area contributed by atoms with Gasteiger partial charge in [0, 0.05) is 36.9 Å². The van der Waals surface area contributed by atoms with E-state index in [1.807, 2.05) is 17.2 Å². The first kappa shape index (κ1) is 15.9. The molecule has 122 valence electrons. The Balaban J connectivity index is 1.69. The second-order valence-electron chi connectivity index (χ2n) is 6.27. The molecule has 1 spiro atoms. The normalized spacial score (nSPS) is 26.5. The van der Waals surface area contributed by atoms with Crippen molar-refractivity contribution in [2.75, 3.05) is 25.4 Å². The SMILES string of the molecule is CCS(=O)(=O)N1CC[C@@]2(CC(=O)N(Cc3csc(C)n3)C2)C1. The average Bonchev–Trinajstić information content (AvgIpc) is 3.13. The van der Waals surface area contributed by atoms with Gasteiger partial charge in [0.15, 0.2) is 0 Å². The maximum atomic E-state index is 12.3. The van der Waals surface area contributed by atoms with E-state index in [1.165, 1.54) is 0 Å². The molecule has 2 aliphatic rings. The van der Waals surface area contributed by atoms with Gasteiger partial charge in [-0.25, -0.2) is 17.7 Å². The molecule has 1 aromatic rings. The van der Waals surface area contributed by atoms with Crippen molar-refractivity contribution >= 4 is 27.3 Å². The molecule has 0 unspecified atom stereocenters. The van der Waals surface area contributed by atoms with E-state index in [-0.39, 0.29) is 17.1 Å². The van der Waals surface area contributed by atoms with Crippen LogP contribution in [-0.2, 0) is 21.4 Å². The molecule has 22 heavy (non-hydrogen) atoms. The van der Waals surface area contributed by atoms with Crippen molar-refractivity contribution in [1.29, 1.82) is 0 Å². The summed E-state index contributed by atoms with van der Waals surface area (Å²) in [6.07, 6.45) is 1.22. The van der Waals surface area contributed by atoms with E-state index in [0.717, 1.165) is 17.1 Å². The van der Waals surface area contributed by atoms with Gasteiger partial charge in [0.25, 0.3) is 0 Å². The van der Waals surface area contributed by atoms with Crippen molar-refractivity contribution in [3.63, 3.8) is 0 Å². The molecule has 1 amide bonds. The fraction of sp³-hybridized carbons (Fsp3) is 0.714. The predicted octanol–water partition coefficient (Wildman–Crippen LogP) is 1.23. The van der Waals surface area contributed by atoms with E-state index in [4.69, 9.17) is 0 Å². The Morgan fingerprint density at radius 1 is 1.41 bits per heavy atom. The average molecular weight is 343 g/mol. The molecule has 2 fully saturated rings. The van der Waals surface area contributed by atoms with Crippen LogP contribution in [0.4, 0.5) is 0 Å². The Morgan fingerprint density at radius 2 is 2.18 bits per heavy atom. The summed E-state index contributed by atoms with van der Waals surface area (Å²) < 4.78 is 25.6. The second kappa shape index (κ2) is 5.58. The number of aryl methyl sites for hydroxylation is 1. The maximum Gasteiger partial charge on any atom is 0.223 e. The highest BCUT2D eigenvalue weighted by Gasteiger charge is 2.49. The summed E-state index contributed by atoms with van der Waals surface area (Å²) in [5, 5.41) is 2.98. The molecular weight excluding hydrogens is 322 g/mol. The minimum Gasteiger partial charge on any atom is -0.336 e. The quantitative estimate of drug-likeness (QED) is 0.824. The lowest BCUT2D eigenvalue weighted by Crippen LogP contribution is -2.34. The minimum absolute atomic E-state index is 0.112. The Kier molecular flexibility index (Phi) is 4.03. The van der Waals surface area contributed by atoms with Crippen LogP contribution in [0.15, 0.2) is 5.38 Å². The van der Waals surface area contributed by atoms with Gasteiger partial charge in [-0.05, 0) is 20.3 Å². The topological polar surface area (TPSA) is 70.6 Å². The molecule has 8 heteroatoms. The minimum atomic E-state index is -3.16. The highest BCUT2D eigenvalue weighted by molar-refractivity contribution is 7.89. The first-order chi connectivity index (χ1) is 10.3. The molecule has 3 rings (SSSR count). The molecular formula is C14H21N3O3S2. The third-order valence-corrected chi connectivity index (χ3v) is 7.24. The van der Waals surface area contributed by atoms with E-state index in [2.05, 4.69) is 4.98 Å².